The molecule has 3 N–H and O–H groups in total. The molecule has 1 aliphatic heterocycles. The van der Waals surface area contributed by atoms with E-state index in [1.54, 1.807) is 0 Å². The van der Waals surface area contributed by atoms with Crippen LogP contribution in [-0.2, 0) is 4.74 Å². The van der Waals surface area contributed by atoms with Crippen LogP contribution < -0.4 is 5.73 Å². The van der Waals surface area contributed by atoms with Gasteiger partial charge in [0, 0.05) is 25.7 Å². The first-order valence-electron chi connectivity index (χ1n) is 8.20. The van der Waals surface area contributed by atoms with Crippen LogP contribution in [0.5, 0.6) is 0 Å². The first-order valence-corrected chi connectivity index (χ1v) is 8.20. The average molecular weight is 284 g/mol. The van der Waals surface area contributed by atoms with Gasteiger partial charge in [-0.15, -0.1) is 0 Å². The predicted molar refractivity (Wildman–Crippen MR) is 81.6 cm³/mol. The Morgan fingerprint density at radius 3 is 2.75 bits per heavy atom. The van der Waals surface area contributed by atoms with Gasteiger partial charge in [0.05, 0.1) is 18.3 Å². The molecule has 4 heteroatoms. The van der Waals surface area contributed by atoms with Crippen LogP contribution in [0.2, 0.25) is 0 Å². The van der Waals surface area contributed by atoms with Crippen LogP contribution >= 0.6 is 0 Å². The van der Waals surface area contributed by atoms with E-state index < -0.39 is 0 Å². The van der Waals surface area contributed by atoms with E-state index in [1.807, 2.05) is 0 Å². The fourth-order valence-electron chi connectivity index (χ4n) is 3.95. The van der Waals surface area contributed by atoms with Crippen molar-refractivity contribution in [3.05, 3.63) is 0 Å². The van der Waals surface area contributed by atoms with Crippen LogP contribution in [0.1, 0.15) is 46.5 Å². The summed E-state index contributed by atoms with van der Waals surface area (Å²) < 4.78 is 5.89. The van der Waals surface area contributed by atoms with Crippen molar-refractivity contribution in [3.63, 3.8) is 0 Å². The average Bonchev–Trinajstić information content (AvgIpc) is 2.39. The van der Waals surface area contributed by atoms with Gasteiger partial charge in [0.1, 0.15) is 0 Å². The summed E-state index contributed by atoms with van der Waals surface area (Å²) in [5, 5.41) is 9.40. The minimum absolute atomic E-state index is 0.0551. The molecule has 1 heterocycles. The number of rotatable bonds is 4. The second-order valence-electron chi connectivity index (χ2n) is 7.39. The Balaban J connectivity index is 1.93. The van der Waals surface area contributed by atoms with Gasteiger partial charge in [-0.2, -0.15) is 0 Å². The monoisotopic (exact) mass is 284 g/mol. The summed E-state index contributed by atoms with van der Waals surface area (Å²) in [5.41, 5.74) is 6.17. The van der Waals surface area contributed by atoms with E-state index in [0.29, 0.717) is 12.0 Å². The third-order valence-corrected chi connectivity index (χ3v) is 4.98. The van der Waals surface area contributed by atoms with Gasteiger partial charge in [0.2, 0.25) is 0 Å². The number of hydrogen-bond donors (Lipinski definition) is 2. The van der Waals surface area contributed by atoms with Crippen LogP contribution in [0.4, 0.5) is 0 Å². The number of aliphatic hydroxyl groups excluding tert-OH is 1. The largest absolute Gasteiger partial charge is 0.394 e. The van der Waals surface area contributed by atoms with Crippen molar-refractivity contribution in [2.24, 2.45) is 17.6 Å². The van der Waals surface area contributed by atoms with Crippen LogP contribution in [0, 0.1) is 11.8 Å². The Morgan fingerprint density at radius 1 is 1.35 bits per heavy atom. The summed E-state index contributed by atoms with van der Waals surface area (Å²) in [7, 11) is 0. The van der Waals surface area contributed by atoms with E-state index in [2.05, 4.69) is 25.7 Å². The van der Waals surface area contributed by atoms with Crippen LogP contribution in [0.3, 0.4) is 0 Å². The Labute approximate surface area is 123 Å². The highest BCUT2D eigenvalue weighted by Gasteiger charge is 2.36. The lowest BCUT2D eigenvalue weighted by atomic mass is 9.77. The summed E-state index contributed by atoms with van der Waals surface area (Å²) >= 11 is 0. The molecule has 4 unspecified atom stereocenters. The second kappa shape index (κ2) is 6.73. The Hall–Kier alpha value is -0.160. The highest BCUT2D eigenvalue weighted by atomic mass is 16.5. The molecule has 2 rings (SSSR count). The van der Waals surface area contributed by atoms with E-state index in [9.17, 15) is 5.11 Å². The van der Waals surface area contributed by atoms with Gasteiger partial charge in [-0.05, 0) is 44.9 Å². The number of nitrogens with zero attached hydrogens (tertiary/aromatic N) is 1. The van der Waals surface area contributed by atoms with Gasteiger partial charge in [0.15, 0.2) is 0 Å². The molecule has 4 nitrogen and oxygen atoms in total. The third kappa shape index (κ3) is 4.17. The quantitative estimate of drug-likeness (QED) is 0.823. The predicted octanol–water partition coefficient (Wildman–Crippen LogP) is 1.61. The zero-order valence-corrected chi connectivity index (χ0v) is 13.3. The molecule has 2 fully saturated rings. The molecule has 0 aromatic rings. The Kier molecular flexibility index (Phi) is 5.46. The standard InChI is InChI=1S/C16H32N2O2/c1-4-12-5-6-15(17)13(7-12)8-18-9-14(10-19)20-16(2,3)11-18/h12-15,19H,4-11,17H2,1-3H3. The van der Waals surface area contributed by atoms with Crippen molar-refractivity contribution in [2.75, 3.05) is 26.2 Å². The molecule has 4 atom stereocenters. The van der Waals surface area contributed by atoms with Crippen molar-refractivity contribution in [1.82, 2.24) is 4.90 Å². The lowest BCUT2D eigenvalue weighted by Gasteiger charge is -2.45. The zero-order chi connectivity index (χ0) is 14.8. The Bertz CT molecular complexity index is 309. The molecular formula is C16H32N2O2. The van der Waals surface area contributed by atoms with E-state index in [4.69, 9.17) is 10.5 Å². The molecule has 20 heavy (non-hydrogen) atoms. The number of nitrogens with two attached hydrogens (primary N) is 1. The van der Waals surface area contributed by atoms with Gasteiger partial charge < -0.3 is 15.6 Å². The van der Waals surface area contributed by atoms with Crippen molar-refractivity contribution >= 4 is 0 Å². The molecule has 118 valence electrons. The molecule has 2 aliphatic rings. The number of ether oxygens (including phenoxy) is 1. The second-order valence-corrected chi connectivity index (χ2v) is 7.39. The molecule has 1 saturated carbocycles. The highest BCUT2D eigenvalue weighted by Crippen LogP contribution is 2.32. The van der Waals surface area contributed by atoms with Crippen LogP contribution in [0.15, 0.2) is 0 Å². The van der Waals surface area contributed by atoms with E-state index in [0.717, 1.165) is 25.6 Å². The van der Waals surface area contributed by atoms with Gasteiger partial charge in [-0.25, -0.2) is 0 Å². The van der Waals surface area contributed by atoms with Crippen LogP contribution in [0.25, 0.3) is 0 Å². The minimum Gasteiger partial charge on any atom is -0.394 e. The van der Waals surface area contributed by atoms with Crippen molar-refractivity contribution in [2.45, 2.75) is 64.2 Å². The first-order chi connectivity index (χ1) is 9.43. The molecule has 0 amide bonds. The maximum absolute atomic E-state index is 9.40. The van der Waals surface area contributed by atoms with Crippen molar-refractivity contribution < 1.29 is 9.84 Å². The fourth-order valence-corrected chi connectivity index (χ4v) is 3.95. The number of aliphatic hydroxyl groups is 1. The van der Waals surface area contributed by atoms with Crippen molar-refractivity contribution in [3.8, 4) is 0 Å². The van der Waals surface area contributed by atoms with E-state index in [-0.39, 0.29) is 18.3 Å². The smallest absolute Gasteiger partial charge is 0.0940 e. The molecule has 0 aromatic heterocycles. The minimum atomic E-state index is -0.172. The summed E-state index contributed by atoms with van der Waals surface area (Å²) in [6.45, 7) is 9.44. The van der Waals surface area contributed by atoms with Crippen LogP contribution in [-0.4, -0.2) is 54.0 Å². The Morgan fingerprint density at radius 2 is 2.10 bits per heavy atom. The summed E-state index contributed by atoms with van der Waals surface area (Å²) in [6.07, 6.45) is 4.94. The molecular weight excluding hydrogens is 252 g/mol. The fraction of sp³-hybridized carbons (Fsp3) is 1.00. The maximum Gasteiger partial charge on any atom is 0.0940 e. The van der Waals surface area contributed by atoms with E-state index in [1.165, 1.54) is 25.7 Å². The third-order valence-electron chi connectivity index (χ3n) is 4.98. The molecule has 0 bridgehead atoms. The van der Waals surface area contributed by atoms with Gasteiger partial charge in [0.25, 0.3) is 0 Å². The lowest BCUT2D eigenvalue weighted by molar-refractivity contribution is -0.151. The SMILES string of the molecule is CCC1CCC(N)C(CN2CC(CO)OC(C)(C)C2)C1. The number of morpholine rings is 1. The highest BCUT2D eigenvalue weighted by molar-refractivity contribution is 4.89. The molecule has 0 aromatic carbocycles. The summed E-state index contributed by atoms with van der Waals surface area (Å²) in [5.74, 6) is 1.45. The van der Waals surface area contributed by atoms with Gasteiger partial charge >= 0.3 is 0 Å². The maximum atomic E-state index is 9.40. The first kappa shape index (κ1) is 16.2. The van der Waals surface area contributed by atoms with Crippen molar-refractivity contribution in [1.29, 1.82) is 0 Å². The number of hydrogen-bond acceptors (Lipinski definition) is 4. The zero-order valence-electron chi connectivity index (χ0n) is 13.3. The molecule has 1 saturated heterocycles. The van der Waals surface area contributed by atoms with Gasteiger partial charge in [-0.3, -0.25) is 4.90 Å². The summed E-state index contributed by atoms with van der Waals surface area (Å²) in [6, 6.07) is 0.344. The van der Waals surface area contributed by atoms with E-state index >= 15 is 0 Å². The molecule has 0 spiro atoms. The lowest BCUT2D eigenvalue weighted by Crippen LogP contribution is -2.56. The molecule has 0 radical (unpaired) electrons. The van der Waals surface area contributed by atoms with Gasteiger partial charge in [-0.1, -0.05) is 13.3 Å². The topological polar surface area (TPSA) is 58.7 Å². The molecule has 1 aliphatic carbocycles. The summed E-state index contributed by atoms with van der Waals surface area (Å²) in [4.78, 5) is 2.45. The normalized spacial score (nSPS) is 38.9.